The number of hydrogen-bond donors (Lipinski definition) is 0. The van der Waals surface area contributed by atoms with Gasteiger partial charge in [-0.2, -0.15) is 11.1 Å². The van der Waals surface area contributed by atoms with Gasteiger partial charge in [0.15, 0.2) is 7.38 Å². The zero-order chi connectivity index (χ0) is 18.8. The first-order valence-corrected chi connectivity index (χ1v) is 14.5. The van der Waals surface area contributed by atoms with Crippen LogP contribution in [-0.2, 0) is 0 Å². The van der Waals surface area contributed by atoms with Gasteiger partial charge in [-0.1, -0.05) is 90.2 Å². The van der Waals surface area contributed by atoms with Crippen LogP contribution in [0, 0.1) is 0 Å². The molecule has 0 N–H and O–H groups in total. The van der Waals surface area contributed by atoms with Crippen molar-refractivity contribution in [2.24, 2.45) is 0 Å². The zero-order valence-corrected chi connectivity index (χ0v) is 19.1. The molecular formula is C23H45ClSi. The molecule has 0 spiro atoms. The second-order valence-electron chi connectivity index (χ2n) is 8.09. The Morgan fingerprint density at radius 3 is 1.28 bits per heavy atom. The van der Waals surface area contributed by atoms with Crippen LogP contribution in [0.15, 0.2) is 25.3 Å². The molecule has 2 heteroatoms. The second kappa shape index (κ2) is 17.4. The number of unbranched alkanes of at least 4 members (excludes halogenated alkanes) is 12. The molecule has 0 aliphatic rings. The Morgan fingerprint density at radius 2 is 0.960 bits per heavy atom. The number of rotatable bonds is 19. The van der Waals surface area contributed by atoms with Crippen LogP contribution >= 0.6 is 11.1 Å². The highest BCUT2D eigenvalue weighted by Gasteiger charge is 2.33. The molecule has 148 valence electrons. The first kappa shape index (κ1) is 25.0. The summed E-state index contributed by atoms with van der Waals surface area (Å²) in [4.78, 5) is 0. The molecule has 0 saturated carbocycles. The van der Waals surface area contributed by atoms with Crippen LogP contribution < -0.4 is 0 Å². The lowest BCUT2D eigenvalue weighted by Crippen LogP contribution is -2.30. The van der Waals surface area contributed by atoms with E-state index >= 15 is 0 Å². The van der Waals surface area contributed by atoms with Crippen molar-refractivity contribution in [1.82, 2.24) is 0 Å². The van der Waals surface area contributed by atoms with E-state index in [4.69, 9.17) is 11.1 Å². The highest BCUT2D eigenvalue weighted by atomic mass is 35.6. The van der Waals surface area contributed by atoms with Crippen LogP contribution in [0.4, 0.5) is 0 Å². The molecule has 0 radical (unpaired) electrons. The quantitative estimate of drug-likeness (QED) is 0.0899. The molecule has 0 nitrogen and oxygen atoms in total. The lowest BCUT2D eigenvalue weighted by atomic mass is 10.1. The molecule has 0 aromatic carbocycles. The highest BCUT2D eigenvalue weighted by molar-refractivity contribution is 7.21. The lowest BCUT2D eigenvalue weighted by molar-refractivity contribution is 0.602. The molecule has 0 atom stereocenters. The standard InChI is InChI=1S/C23H45ClSi/c1-5-7-9-11-13-15-17-19-21-25(24,23(3)4)22-20-18-16-14-12-10-8-6-2/h5-6,23H,1-2,7-22H2,3-4H3. The van der Waals surface area contributed by atoms with Crippen LogP contribution in [0.25, 0.3) is 0 Å². The van der Waals surface area contributed by atoms with Crippen molar-refractivity contribution in [2.45, 2.75) is 121 Å². The van der Waals surface area contributed by atoms with Crippen molar-refractivity contribution in [2.75, 3.05) is 0 Å². The predicted octanol–water partition coefficient (Wildman–Crippen LogP) is 9.41. The predicted molar refractivity (Wildman–Crippen MR) is 121 cm³/mol. The average Bonchev–Trinajstić information content (AvgIpc) is 2.59. The lowest BCUT2D eigenvalue weighted by Gasteiger charge is -2.29. The van der Waals surface area contributed by atoms with Gasteiger partial charge in [-0.15, -0.1) is 13.2 Å². The van der Waals surface area contributed by atoms with Crippen molar-refractivity contribution in [1.29, 1.82) is 0 Å². The van der Waals surface area contributed by atoms with Gasteiger partial charge in [-0.3, -0.25) is 0 Å². The Kier molecular flexibility index (Phi) is 17.4. The number of hydrogen-bond acceptors (Lipinski definition) is 0. The Balaban J connectivity index is 3.74. The molecule has 0 aliphatic carbocycles. The minimum atomic E-state index is -1.54. The normalized spacial score (nSPS) is 11.8. The minimum absolute atomic E-state index is 0.717. The summed E-state index contributed by atoms with van der Waals surface area (Å²) in [6.45, 7) is 12.3. The van der Waals surface area contributed by atoms with Crippen molar-refractivity contribution in [3.8, 4) is 0 Å². The van der Waals surface area contributed by atoms with E-state index in [2.05, 4.69) is 27.0 Å². The van der Waals surface area contributed by atoms with Crippen LogP contribution in [0.3, 0.4) is 0 Å². The third-order valence-electron chi connectivity index (χ3n) is 5.54. The van der Waals surface area contributed by atoms with Gasteiger partial charge in [0.2, 0.25) is 0 Å². The second-order valence-corrected chi connectivity index (χ2v) is 14.6. The van der Waals surface area contributed by atoms with Gasteiger partial charge in [0.05, 0.1) is 0 Å². The summed E-state index contributed by atoms with van der Waals surface area (Å²) in [6.07, 6.45) is 22.8. The molecule has 0 aromatic heterocycles. The smallest absolute Gasteiger partial charge is 0.159 e. The van der Waals surface area contributed by atoms with Crippen LogP contribution in [-0.4, -0.2) is 7.38 Å². The fourth-order valence-electron chi connectivity index (χ4n) is 3.53. The van der Waals surface area contributed by atoms with Crippen LogP contribution in [0.2, 0.25) is 17.6 Å². The van der Waals surface area contributed by atoms with Gasteiger partial charge in [-0.25, -0.2) is 0 Å². The van der Waals surface area contributed by atoms with E-state index in [1.165, 1.54) is 102 Å². The van der Waals surface area contributed by atoms with Gasteiger partial charge in [0.25, 0.3) is 0 Å². The number of halogens is 1. The van der Waals surface area contributed by atoms with Gasteiger partial charge in [0, 0.05) is 0 Å². The fraction of sp³-hybridized carbons (Fsp3) is 0.826. The summed E-state index contributed by atoms with van der Waals surface area (Å²) in [5.41, 5.74) is 0.717. The highest BCUT2D eigenvalue weighted by Crippen LogP contribution is 2.36. The Hall–Kier alpha value is -0.0131. The summed E-state index contributed by atoms with van der Waals surface area (Å²) in [6, 6.07) is 2.66. The summed E-state index contributed by atoms with van der Waals surface area (Å²) in [7, 11) is -1.54. The maximum Gasteiger partial charge on any atom is 0.159 e. The molecule has 0 saturated heterocycles. The number of allylic oxidation sites excluding steroid dienone is 2. The monoisotopic (exact) mass is 384 g/mol. The van der Waals surface area contributed by atoms with E-state index in [1.54, 1.807) is 0 Å². The molecule has 25 heavy (non-hydrogen) atoms. The van der Waals surface area contributed by atoms with Gasteiger partial charge in [0.1, 0.15) is 0 Å². The largest absolute Gasteiger partial charge is 0.167 e. The van der Waals surface area contributed by atoms with E-state index < -0.39 is 7.38 Å². The molecule has 0 aliphatic heterocycles. The molecule has 0 unspecified atom stereocenters. The molecular weight excluding hydrogens is 340 g/mol. The maximum atomic E-state index is 7.15. The zero-order valence-electron chi connectivity index (χ0n) is 17.3. The third kappa shape index (κ3) is 14.8. The first-order valence-electron chi connectivity index (χ1n) is 11.0. The molecule has 0 amide bonds. The topological polar surface area (TPSA) is 0 Å². The molecule has 0 aromatic rings. The summed E-state index contributed by atoms with van der Waals surface area (Å²) >= 11 is 7.15. The molecule has 0 fully saturated rings. The van der Waals surface area contributed by atoms with Crippen molar-refractivity contribution in [3.05, 3.63) is 25.3 Å². The Labute approximate surface area is 165 Å². The van der Waals surface area contributed by atoms with Gasteiger partial charge < -0.3 is 0 Å². The summed E-state index contributed by atoms with van der Waals surface area (Å²) < 4.78 is 0. The van der Waals surface area contributed by atoms with Crippen LogP contribution in [0.5, 0.6) is 0 Å². The van der Waals surface area contributed by atoms with E-state index in [9.17, 15) is 0 Å². The molecule has 0 rings (SSSR count). The van der Waals surface area contributed by atoms with E-state index in [1.807, 2.05) is 12.2 Å². The van der Waals surface area contributed by atoms with Gasteiger partial charge in [-0.05, 0) is 43.3 Å². The minimum Gasteiger partial charge on any atom is -0.167 e. The Morgan fingerprint density at radius 1 is 0.640 bits per heavy atom. The van der Waals surface area contributed by atoms with Crippen molar-refractivity contribution >= 4 is 18.5 Å². The fourth-order valence-corrected chi connectivity index (χ4v) is 7.41. The van der Waals surface area contributed by atoms with E-state index in [-0.39, 0.29) is 0 Å². The average molecular weight is 385 g/mol. The van der Waals surface area contributed by atoms with Crippen molar-refractivity contribution < 1.29 is 0 Å². The molecule has 0 bridgehead atoms. The Bertz CT molecular complexity index is 287. The molecule has 0 heterocycles. The third-order valence-corrected chi connectivity index (χ3v) is 12.4. The van der Waals surface area contributed by atoms with E-state index in [0.717, 1.165) is 0 Å². The van der Waals surface area contributed by atoms with Gasteiger partial charge >= 0.3 is 0 Å². The SMILES string of the molecule is C=CCCCCCCCC[Si](Cl)(CCCCCCCCC=C)C(C)C. The van der Waals surface area contributed by atoms with E-state index in [0.29, 0.717) is 5.54 Å². The summed E-state index contributed by atoms with van der Waals surface area (Å²) in [5, 5.41) is 0. The van der Waals surface area contributed by atoms with Crippen LogP contribution in [0.1, 0.15) is 104 Å². The maximum absolute atomic E-state index is 7.15. The van der Waals surface area contributed by atoms with Crippen molar-refractivity contribution in [3.63, 3.8) is 0 Å². The first-order chi connectivity index (χ1) is 12.1. The summed E-state index contributed by atoms with van der Waals surface area (Å²) in [5.74, 6) is 0.